The zero-order chi connectivity index (χ0) is 26.2. The van der Waals surface area contributed by atoms with E-state index in [1.54, 1.807) is 11.6 Å². The van der Waals surface area contributed by atoms with E-state index in [2.05, 4.69) is 34.6 Å². The molecule has 2 aromatic heterocycles. The Labute approximate surface area is 222 Å². The highest BCUT2D eigenvalue weighted by molar-refractivity contribution is 5.91. The number of aryl methyl sites for hydroxylation is 2. The minimum Gasteiger partial charge on any atom is -0.493 e. The fraction of sp³-hybridized carbons (Fsp3) is 0.400. The summed E-state index contributed by atoms with van der Waals surface area (Å²) in [5.41, 5.74) is 5.34. The maximum atomic E-state index is 12.3. The Morgan fingerprint density at radius 2 is 1.82 bits per heavy atom. The molecule has 2 fully saturated rings. The van der Waals surface area contributed by atoms with Crippen LogP contribution in [0.3, 0.4) is 0 Å². The number of aromatic carboxylic acids is 1. The predicted molar refractivity (Wildman–Crippen MR) is 144 cm³/mol. The third-order valence-electron chi connectivity index (χ3n) is 7.92. The molecule has 0 radical (unpaired) electrons. The molecule has 2 aliphatic carbocycles. The molecule has 1 N–H and O–H groups in total. The molecule has 6 rings (SSSR count). The van der Waals surface area contributed by atoms with Crippen LogP contribution in [0, 0.1) is 12.8 Å². The van der Waals surface area contributed by atoms with Crippen molar-refractivity contribution in [3.05, 3.63) is 77.4 Å². The molecule has 2 saturated carbocycles. The maximum absolute atomic E-state index is 12.3. The molecule has 8 heteroatoms. The summed E-state index contributed by atoms with van der Waals surface area (Å²) in [7, 11) is 1.84. The van der Waals surface area contributed by atoms with Gasteiger partial charge in [-0.05, 0) is 67.5 Å². The van der Waals surface area contributed by atoms with Crippen molar-refractivity contribution in [2.24, 2.45) is 13.0 Å². The molecule has 0 spiro atoms. The normalized spacial score (nSPS) is 19.4. The first-order chi connectivity index (χ1) is 18.5. The lowest BCUT2D eigenvalue weighted by molar-refractivity contribution is 0.0694. The van der Waals surface area contributed by atoms with Gasteiger partial charge in [-0.1, -0.05) is 48.7 Å². The van der Waals surface area contributed by atoms with Gasteiger partial charge in [0.25, 0.3) is 0 Å². The van der Waals surface area contributed by atoms with Crippen LogP contribution >= 0.6 is 0 Å². The van der Waals surface area contributed by atoms with Gasteiger partial charge in [-0.25, -0.2) is 9.48 Å². The van der Waals surface area contributed by atoms with Gasteiger partial charge in [0, 0.05) is 25.1 Å². The fourth-order valence-electron chi connectivity index (χ4n) is 5.86. The molecule has 2 atom stereocenters. The lowest BCUT2D eigenvalue weighted by Crippen LogP contribution is -2.15. The first-order valence-corrected chi connectivity index (χ1v) is 13.5. The Morgan fingerprint density at radius 1 is 1.05 bits per heavy atom. The van der Waals surface area contributed by atoms with Gasteiger partial charge in [-0.3, -0.25) is 4.68 Å². The number of hydrogen-bond donors (Lipinski definition) is 1. The molecule has 0 bridgehead atoms. The van der Waals surface area contributed by atoms with Crippen molar-refractivity contribution in [1.82, 2.24) is 24.8 Å². The Bertz CT molecular complexity index is 1470. The molecular formula is C30H33N5O3. The maximum Gasteiger partial charge on any atom is 0.339 e. The molecular weight excluding hydrogens is 478 g/mol. The Kier molecular flexibility index (Phi) is 6.47. The standard InChI is InChI=1S/C30H33N5O3/c1-19-28(30(36)37)29(26-16-25(26)27-17-34(2)33-31-27)35(32-19)23-12-6-10-21(14-23)22-11-7-13-24(15-22)38-18-20-8-4-3-5-9-20/h6-7,10-15,17,20,25-26H,3-5,8-9,16,18H2,1-2H3,(H,36,37). The summed E-state index contributed by atoms with van der Waals surface area (Å²) < 4.78 is 9.68. The van der Waals surface area contributed by atoms with Gasteiger partial charge in [-0.2, -0.15) is 5.10 Å². The molecule has 2 aliphatic rings. The fourth-order valence-corrected chi connectivity index (χ4v) is 5.86. The van der Waals surface area contributed by atoms with Crippen LogP contribution in [0.1, 0.15) is 77.8 Å². The largest absolute Gasteiger partial charge is 0.493 e. The highest BCUT2D eigenvalue weighted by Gasteiger charge is 2.46. The van der Waals surface area contributed by atoms with Crippen LogP contribution in [0.2, 0.25) is 0 Å². The quantitative estimate of drug-likeness (QED) is 0.316. The van der Waals surface area contributed by atoms with E-state index < -0.39 is 5.97 Å². The van der Waals surface area contributed by atoms with E-state index in [1.165, 1.54) is 32.1 Å². The average Bonchev–Trinajstić information content (AvgIpc) is 3.47. The van der Waals surface area contributed by atoms with Crippen molar-refractivity contribution >= 4 is 5.97 Å². The van der Waals surface area contributed by atoms with Crippen molar-refractivity contribution in [2.75, 3.05) is 6.61 Å². The number of hydrogen-bond acceptors (Lipinski definition) is 5. The summed E-state index contributed by atoms with van der Waals surface area (Å²) in [4.78, 5) is 12.3. The summed E-state index contributed by atoms with van der Waals surface area (Å²) in [5.74, 6) is 0.741. The summed E-state index contributed by atoms with van der Waals surface area (Å²) in [6, 6.07) is 16.3. The van der Waals surface area contributed by atoms with Gasteiger partial charge in [0.1, 0.15) is 11.3 Å². The lowest BCUT2D eigenvalue weighted by atomic mass is 9.90. The third-order valence-corrected chi connectivity index (χ3v) is 7.92. The molecule has 4 aromatic rings. The second kappa shape index (κ2) is 10.1. The van der Waals surface area contributed by atoms with E-state index in [0.29, 0.717) is 11.6 Å². The molecule has 8 nitrogen and oxygen atoms in total. The van der Waals surface area contributed by atoms with Crippen LogP contribution < -0.4 is 4.74 Å². The van der Waals surface area contributed by atoms with Crippen molar-refractivity contribution in [1.29, 1.82) is 0 Å². The van der Waals surface area contributed by atoms with Crippen molar-refractivity contribution in [3.8, 4) is 22.6 Å². The summed E-state index contributed by atoms with van der Waals surface area (Å²) in [6.45, 7) is 2.53. The molecule has 2 heterocycles. The van der Waals surface area contributed by atoms with Gasteiger partial charge in [0.05, 0.1) is 29.4 Å². The summed E-state index contributed by atoms with van der Waals surface area (Å²) >= 11 is 0. The van der Waals surface area contributed by atoms with Crippen LogP contribution in [0.15, 0.2) is 54.7 Å². The van der Waals surface area contributed by atoms with Crippen LogP contribution in [0.5, 0.6) is 5.75 Å². The highest BCUT2D eigenvalue weighted by Crippen LogP contribution is 2.55. The molecule has 0 saturated heterocycles. The number of rotatable bonds is 8. The van der Waals surface area contributed by atoms with Crippen molar-refractivity contribution in [3.63, 3.8) is 0 Å². The van der Waals surface area contributed by atoms with Gasteiger partial charge >= 0.3 is 5.97 Å². The molecule has 2 aromatic carbocycles. The van der Waals surface area contributed by atoms with E-state index in [1.807, 2.05) is 42.2 Å². The van der Waals surface area contributed by atoms with E-state index in [0.717, 1.165) is 47.0 Å². The van der Waals surface area contributed by atoms with Crippen molar-refractivity contribution in [2.45, 2.75) is 57.3 Å². The number of ether oxygens (including phenoxy) is 1. The van der Waals surface area contributed by atoms with E-state index in [-0.39, 0.29) is 17.4 Å². The van der Waals surface area contributed by atoms with Crippen molar-refractivity contribution < 1.29 is 14.6 Å². The average molecular weight is 512 g/mol. The predicted octanol–water partition coefficient (Wildman–Crippen LogP) is 5.90. The lowest BCUT2D eigenvalue weighted by Gasteiger charge is -2.21. The second-order valence-corrected chi connectivity index (χ2v) is 10.7. The zero-order valence-electron chi connectivity index (χ0n) is 21.9. The summed E-state index contributed by atoms with van der Waals surface area (Å²) in [5, 5.41) is 23.1. The Hall–Kier alpha value is -3.94. The van der Waals surface area contributed by atoms with Gasteiger partial charge in [0.2, 0.25) is 0 Å². The smallest absolute Gasteiger partial charge is 0.339 e. The first-order valence-electron chi connectivity index (χ1n) is 13.5. The van der Waals surface area contributed by atoms with E-state index in [4.69, 9.17) is 9.84 Å². The number of aromatic nitrogens is 5. The number of benzene rings is 2. The zero-order valence-corrected chi connectivity index (χ0v) is 21.9. The monoisotopic (exact) mass is 511 g/mol. The van der Waals surface area contributed by atoms with Gasteiger partial charge < -0.3 is 9.84 Å². The first kappa shape index (κ1) is 24.4. The van der Waals surface area contributed by atoms with E-state index in [9.17, 15) is 9.90 Å². The molecule has 196 valence electrons. The minimum absolute atomic E-state index is 0.0270. The molecule has 38 heavy (non-hydrogen) atoms. The van der Waals surface area contributed by atoms with Crippen LogP contribution in [0.4, 0.5) is 0 Å². The number of carboxylic acids is 1. The van der Waals surface area contributed by atoms with Gasteiger partial charge in [0.15, 0.2) is 0 Å². The SMILES string of the molecule is Cc1nn(-c2cccc(-c3cccc(OCC4CCCCC4)c3)c2)c(C2CC2c2cn(C)nn2)c1C(=O)O. The van der Waals surface area contributed by atoms with Gasteiger partial charge in [-0.15, -0.1) is 5.10 Å². The highest BCUT2D eigenvalue weighted by atomic mass is 16.5. The third kappa shape index (κ3) is 4.83. The number of carbonyl (C=O) groups is 1. The second-order valence-electron chi connectivity index (χ2n) is 10.7. The topological polar surface area (TPSA) is 95.1 Å². The number of carboxylic acid groups (broad SMARTS) is 1. The van der Waals surface area contributed by atoms with Crippen LogP contribution in [-0.4, -0.2) is 42.5 Å². The number of nitrogens with zero attached hydrogens (tertiary/aromatic N) is 5. The van der Waals surface area contributed by atoms with Crippen LogP contribution in [0.25, 0.3) is 16.8 Å². The Balaban J connectivity index is 1.29. The Morgan fingerprint density at radius 3 is 2.55 bits per heavy atom. The molecule has 0 amide bonds. The van der Waals surface area contributed by atoms with E-state index >= 15 is 0 Å². The molecule has 0 aliphatic heterocycles. The van der Waals surface area contributed by atoms with Crippen LogP contribution in [-0.2, 0) is 7.05 Å². The summed E-state index contributed by atoms with van der Waals surface area (Å²) in [6.07, 6.45) is 9.19. The minimum atomic E-state index is -0.951. The molecule has 2 unspecified atom stereocenters.